The van der Waals surface area contributed by atoms with Gasteiger partial charge in [0.1, 0.15) is 12.6 Å². The third-order valence-corrected chi connectivity index (χ3v) is 3.53. The van der Waals surface area contributed by atoms with Crippen molar-refractivity contribution in [1.29, 1.82) is 0 Å². The van der Waals surface area contributed by atoms with E-state index in [0.717, 1.165) is 37.4 Å². The number of ether oxygens (including phenoxy) is 1. The number of nitrogens with one attached hydrogen (secondary N) is 2. The summed E-state index contributed by atoms with van der Waals surface area (Å²) in [6.45, 7) is 5.61. The Morgan fingerprint density at radius 2 is 2.23 bits per heavy atom. The molecule has 0 aromatic heterocycles. The Morgan fingerprint density at radius 3 is 2.91 bits per heavy atom. The van der Waals surface area contributed by atoms with Crippen molar-refractivity contribution in [3.8, 4) is 0 Å². The van der Waals surface area contributed by atoms with Crippen LogP contribution in [0.25, 0.3) is 0 Å². The quantitative estimate of drug-likeness (QED) is 0.346. The number of nitrogens with zero attached hydrogens (tertiary/aromatic N) is 2. The van der Waals surface area contributed by atoms with E-state index in [-0.39, 0.29) is 13.7 Å². The predicted molar refractivity (Wildman–Crippen MR) is 92.9 cm³/mol. The zero-order chi connectivity index (χ0) is 15.1. The lowest BCUT2D eigenvalue weighted by atomic mass is 10.1. The molecule has 1 fully saturated rings. The van der Waals surface area contributed by atoms with Crippen LogP contribution in [-0.4, -0.2) is 19.2 Å². The van der Waals surface area contributed by atoms with Gasteiger partial charge in [0, 0.05) is 18.7 Å². The van der Waals surface area contributed by atoms with Gasteiger partial charge < -0.3 is 10.2 Å². The van der Waals surface area contributed by atoms with E-state index in [1.54, 1.807) is 0 Å². The summed E-state index contributed by atoms with van der Waals surface area (Å²) in [5.74, 6) is 5.22. The minimum absolute atomic E-state index is 0. The second-order valence-electron chi connectivity index (χ2n) is 4.73. The third-order valence-electron chi connectivity index (χ3n) is 3.53. The maximum atomic E-state index is 5.83. The van der Waals surface area contributed by atoms with Crippen LogP contribution < -0.4 is 21.7 Å². The summed E-state index contributed by atoms with van der Waals surface area (Å²) in [6, 6.07) is 6.09. The van der Waals surface area contributed by atoms with E-state index < -0.39 is 0 Å². The fraction of sp³-hybridized carbons (Fsp3) is 0.562. The SMILES string of the molecule is C.CC.NNC=Nc1cccc2c1CNN2C1CCCCO1. The standard InChI is InChI=1S/C13H19N5O.C2H6.CH4/c14-16-9-15-11-4-3-5-12-10(11)8-17-18(12)13-6-1-2-7-19-13;1-2;/h3-5,9,13,17H,1-2,6-8,14H2,(H,15,16);1-2H3;1H4. The van der Waals surface area contributed by atoms with Crippen LogP contribution in [0.15, 0.2) is 23.2 Å². The molecular weight excluding hydrogens is 278 g/mol. The van der Waals surface area contributed by atoms with Gasteiger partial charge in [0.2, 0.25) is 0 Å². The van der Waals surface area contributed by atoms with E-state index in [2.05, 4.69) is 26.9 Å². The van der Waals surface area contributed by atoms with Crippen LogP contribution >= 0.6 is 0 Å². The molecule has 6 heteroatoms. The molecule has 1 unspecified atom stereocenters. The van der Waals surface area contributed by atoms with Crippen molar-refractivity contribution in [3.05, 3.63) is 23.8 Å². The van der Waals surface area contributed by atoms with Crippen LogP contribution in [0, 0.1) is 0 Å². The lowest BCUT2D eigenvalue weighted by Gasteiger charge is -2.32. The first-order valence-electron chi connectivity index (χ1n) is 7.65. The monoisotopic (exact) mass is 307 g/mol. The van der Waals surface area contributed by atoms with Gasteiger partial charge in [-0.15, -0.1) is 0 Å². The lowest BCUT2D eigenvalue weighted by Crippen LogP contribution is -2.44. The number of benzene rings is 1. The molecule has 1 atom stereocenters. The van der Waals surface area contributed by atoms with Crippen LogP contribution in [0.1, 0.15) is 46.1 Å². The molecule has 1 saturated heterocycles. The Balaban J connectivity index is 0.000000775. The van der Waals surface area contributed by atoms with Crippen LogP contribution in [0.4, 0.5) is 11.4 Å². The highest BCUT2D eigenvalue weighted by Gasteiger charge is 2.29. The molecule has 1 aromatic carbocycles. The molecule has 0 bridgehead atoms. The van der Waals surface area contributed by atoms with Crippen molar-refractivity contribution in [1.82, 2.24) is 10.9 Å². The molecule has 2 heterocycles. The molecule has 3 rings (SSSR count). The second-order valence-corrected chi connectivity index (χ2v) is 4.73. The maximum Gasteiger partial charge on any atom is 0.144 e. The molecule has 1 aromatic rings. The first kappa shape index (κ1) is 18.4. The van der Waals surface area contributed by atoms with Crippen molar-refractivity contribution in [3.63, 3.8) is 0 Å². The maximum absolute atomic E-state index is 5.83. The van der Waals surface area contributed by atoms with Gasteiger partial charge in [-0.2, -0.15) is 0 Å². The third kappa shape index (κ3) is 3.97. The molecule has 4 N–H and O–H groups in total. The minimum Gasteiger partial charge on any atom is -0.357 e. The number of nitrogens with two attached hydrogens (primary N) is 1. The number of hydrazine groups is 2. The summed E-state index contributed by atoms with van der Waals surface area (Å²) in [5, 5.41) is 2.13. The number of hydrogen-bond acceptors (Lipinski definition) is 5. The van der Waals surface area contributed by atoms with Gasteiger partial charge in [0.15, 0.2) is 0 Å². The van der Waals surface area contributed by atoms with E-state index in [4.69, 9.17) is 10.6 Å². The van der Waals surface area contributed by atoms with Crippen LogP contribution in [0.3, 0.4) is 0 Å². The smallest absolute Gasteiger partial charge is 0.144 e. The van der Waals surface area contributed by atoms with Gasteiger partial charge in [0.25, 0.3) is 0 Å². The zero-order valence-corrected chi connectivity index (χ0v) is 12.8. The highest BCUT2D eigenvalue weighted by atomic mass is 16.5. The van der Waals surface area contributed by atoms with Crippen LogP contribution in [0.5, 0.6) is 0 Å². The van der Waals surface area contributed by atoms with Crippen LogP contribution in [-0.2, 0) is 11.3 Å². The van der Waals surface area contributed by atoms with Crippen molar-refractivity contribution >= 4 is 17.7 Å². The predicted octanol–water partition coefficient (Wildman–Crippen LogP) is 2.82. The lowest BCUT2D eigenvalue weighted by molar-refractivity contribution is 0.00928. The first-order chi connectivity index (χ1) is 10.4. The molecule has 0 radical (unpaired) electrons. The van der Waals surface area contributed by atoms with Gasteiger partial charge in [0.05, 0.1) is 11.4 Å². The first-order valence-corrected chi connectivity index (χ1v) is 7.65. The summed E-state index contributed by atoms with van der Waals surface area (Å²) in [5.41, 5.74) is 9.09. The molecule has 124 valence electrons. The molecule has 0 spiro atoms. The van der Waals surface area contributed by atoms with E-state index in [0.29, 0.717) is 0 Å². The number of aliphatic imine (C=N–C) groups is 1. The Labute approximate surface area is 133 Å². The Bertz CT molecular complexity index is 472. The number of rotatable bonds is 3. The largest absolute Gasteiger partial charge is 0.357 e. The number of fused-ring (bicyclic) bond motifs is 1. The Hall–Kier alpha value is -1.63. The van der Waals surface area contributed by atoms with Crippen LogP contribution in [0.2, 0.25) is 0 Å². The molecule has 0 saturated carbocycles. The van der Waals surface area contributed by atoms with E-state index in [9.17, 15) is 0 Å². The van der Waals surface area contributed by atoms with E-state index in [1.807, 2.05) is 26.0 Å². The molecule has 0 amide bonds. The van der Waals surface area contributed by atoms with Crippen molar-refractivity contribution < 1.29 is 4.74 Å². The molecule has 2 aliphatic rings. The van der Waals surface area contributed by atoms with Gasteiger partial charge in [-0.05, 0) is 31.4 Å². The highest BCUT2D eigenvalue weighted by Crippen LogP contribution is 2.35. The topological polar surface area (TPSA) is 74.9 Å². The molecule has 6 nitrogen and oxygen atoms in total. The average molecular weight is 307 g/mol. The van der Waals surface area contributed by atoms with Gasteiger partial charge in [-0.25, -0.2) is 16.3 Å². The minimum atomic E-state index is 0. The summed E-state index contributed by atoms with van der Waals surface area (Å²) in [6.07, 6.45) is 5.05. The summed E-state index contributed by atoms with van der Waals surface area (Å²) in [4.78, 5) is 4.31. The van der Waals surface area contributed by atoms with Gasteiger partial charge in [-0.1, -0.05) is 27.3 Å². The fourth-order valence-electron chi connectivity index (χ4n) is 2.63. The Kier molecular flexibility index (Phi) is 7.87. The van der Waals surface area contributed by atoms with Gasteiger partial charge >= 0.3 is 0 Å². The molecule has 0 aliphatic carbocycles. The number of anilines is 1. The van der Waals surface area contributed by atoms with Gasteiger partial charge in [-0.3, -0.25) is 5.01 Å². The average Bonchev–Trinajstić information content (AvgIpc) is 3.00. The van der Waals surface area contributed by atoms with Crippen molar-refractivity contribution in [2.75, 3.05) is 11.6 Å². The Morgan fingerprint density at radius 1 is 1.41 bits per heavy atom. The summed E-state index contributed by atoms with van der Waals surface area (Å²) >= 11 is 0. The summed E-state index contributed by atoms with van der Waals surface area (Å²) < 4.78 is 5.83. The molecule has 22 heavy (non-hydrogen) atoms. The number of hydrogen-bond donors (Lipinski definition) is 3. The summed E-state index contributed by atoms with van der Waals surface area (Å²) in [7, 11) is 0. The normalized spacial score (nSPS) is 20.0. The van der Waals surface area contributed by atoms with Crippen molar-refractivity contribution in [2.24, 2.45) is 10.8 Å². The molecular formula is C16H29N5O. The zero-order valence-electron chi connectivity index (χ0n) is 12.8. The fourth-order valence-corrected chi connectivity index (χ4v) is 2.63. The molecule has 2 aliphatic heterocycles. The van der Waals surface area contributed by atoms with E-state index >= 15 is 0 Å². The second kappa shape index (κ2) is 9.40. The highest BCUT2D eigenvalue weighted by molar-refractivity contribution is 5.70. The van der Waals surface area contributed by atoms with E-state index in [1.165, 1.54) is 18.3 Å². The van der Waals surface area contributed by atoms with Crippen molar-refractivity contribution in [2.45, 2.75) is 53.3 Å².